The standard InChI is InChI=1S/C15H20N6/c16-13-18-14(17-9-8-12-6-2-1-3-7-12)20-15(19-13)21-10-4-5-11-21/h1-3,6-7H,4-5,8-11H2,(H3,16,17,18,19,20). The number of nitrogens with zero attached hydrogens (tertiary/aromatic N) is 4. The van der Waals surface area contributed by atoms with Crippen LogP contribution in [0, 0.1) is 0 Å². The Hall–Kier alpha value is -2.37. The second kappa shape index (κ2) is 6.39. The Morgan fingerprint density at radius 3 is 2.57 bits per heavy atom. The molecule has 0 amide bonds. The highest BCUT2D eigenvalue weighted by Gasteiger charge is 2.16. The van der Waals surface area contributed by atoms with E-state index in [2.05, 4.69) is 37.3 Å². The number of anilines is 3. The molecule has 0 spiro atoms. The predicted molar refractivity (Wildman–Crippen MR) is 84.3 cm³/mol. The number of hydrogen-bond acceptors (Lipinski definition) is 6. The highest BCUT2D eigenvalue weighted by Crippen LogP contribution is 2.17. The van der Waals surface area contributed by atoms with Gasteiger partial charge in [0.2, 0.25) is 17.8 Å². The van der Waals surface area contributed by atoms with Gasteiger partial charge in [-0.05, 0) is 24.8 Å². The third kappa shape index (κ3) is 3.59. The molecule has 0 unspecified atom stereocenters. The van der Waals surface area contributed by atoms with Gasteiger partial charge in [-0.15, -0.1) is 0 Å². The van der Waals surface area contributed by atoms with Gasteiger partial charge in [-0.1, -0.05) is 30.3 Å². The summed E-state index contributed by atoms with van der Waals surface area (Å²) >= 11 is 0. The number of aromatic nitrogens is 3. The van der Waals surface area contributed by atoms with Crippen LogP contribution in [0.2, 0.25) is 0 Å². The van der Waals surface area contributed by atoms with Gasteiger partial charge in [-0.25, -0.2) is 0 Å². The van der Waals surface area contributed by atoms with E-state index in [4.69, 9.17) is 5.73 Å². The van der Waals surface area contributed by atoms with Crippen LogP contribution >= 0.6 is 0 Å². The minimum atomic E-state index is 0.272. The largest absolute Gasteiger partial charge is 0.368 e. The minimum Gasteiger partial charge on any atom is -0.368 e. The maximum absolute atomic E-state index is 5.78. The van der Waals surface area contributed by atoms with Crippen molar-refractivity contribution in [3.8, 4) is 0 Å². The highest BCUT2D eigenvalue weighted by molar-refractivity contribution is 5.42. The Bertz CT molecular complexity index is 580. The predicted octanol–water partition coefficient (Wildman–Crippen LogP) is 1.71. The lowest BCUT2D eigenvalue weighted by Crippen LogP contribution is -2.22. The normalized spacial score (nSPS) is 14.4. The van der Waals surface area contributed by atoms with E-state index < -0.39 is 0 Å². The fourth-order valence-corrected chi connectivity index (χ4v) is 2.48. The average molecular weight is 284 g/mol. The number of benzene rings is 1. The Balaban J connectivity index is 1.62. The molecule has 1 aromatic heterocycles. The molecular formula is C15H20N6. The van der Waals surface area contributed by atoms with Gasteiger partial charge in [0.25, 0.3) is 0 Å². The molecule has 1 aliphatic rings. The first-order chi connectivity index (χ1) is 10.3. The Morgan fingerprint density at radius 2 is 1.81 bits per heavy atom. The summed E-state index contributed by atoms with van der Waals surface area (Å²) in [6.45, 7) is 2.76. The van der Waals surface area contributed by atoms with E-state index >= 15 is 0 Å². The van der Waals surface area contributed by atoms with Crippen LogP contribution < -0.4 is 16.0 Å². The van der Waals surface area contributed by atoms with Gasteiger partial charge in [0.05, 0.1) is 0 Å². The van der Waals surface area contributed by atoms with Crippen molar-refractivity contribution < 1.29 is 0 Å². The zero-order valence-corrected chi connectivity index (χ0v) is 12.0. The molecule has 1 saturated heterocycles. The summed E-state index contributed by atoms with van der Waals surface area (Å²) < 4.78 is 0. The number of nitrogen functional groups attached to an aromatic ring is 1. The van der Waals surface area contributed by atoms with E-state index in [0.29, 0.717) is 11.9 Å². The summed E-state index contributed by atoms with van der Waals surface area (Å²) in [6.07, 6.45) is 3.29. The van der Waals surface area contributed by atoms with E-state index in [1.165, 1.54) is 18.4 Å². The second-order valence-electron chi connectivity index (χ2n) is 5.17. The van der Waals surface area contributed by atoms with Crippen molar-refractivity contribution in [2.45, 2.75) is 19.3 Å². The number of rotatable bonds is 5. The molecule has 1 aromatic carbocycles. The molecule has 6 nitrogen and oxygen atoms in total. The molecule has 0 bridgehead atoms. The van der Waals surface area contributed by atoms with E-state index in [1.807, 2.05) is 18.2 Å². The van der Waals surface area contributed by atoms with Crippen molar-refractivity contribution in [1.29, 1.82) is 0 Å². The molecule has 110 valence electrons. The van der Waals surface area contributed by atoms with Crippen molar-refractivity contribution in [2.75, 3.05) is 35.6 Å². The monoisotopic (exact) mass is 284 g/mol. The molecule has 2 heterocycles. The maximum Gasteiger partial charge on any atom is 0.231 e. The van der Waals surface area contributed by atoms with Crippen LogP contribution in [-0.2, 0) is 6.42 Å². The summed E-state index contributed by atoms with van der Waals surface area (Å²) in [6, 6.07) is 10.3. The summed E-state index contributed by atoms with van der Waals surface area (Å²) in [4.78, 5) is 15.0. The number of hydrogen-bond donors (Lipinski definition) is 2. The fraction of sp³-hybridized carbons (Fsp3) is 0.400. The zero-order valence-electron chi connectivity index (χ0n) is 12.0. The lowest BCUT2D eigenvalue weighted by Gasteiger charge is -2.16. The fourth-order valence-electron chi connectivity index (χ4n) is 2.48. The van der Waals surface area contributed by atoms with Gasteiger partial charge in [-0.3, -0.25) is 0 Å². The van der Waals surface area contributed by atoms with Gasteiger partial charge in [0.1, 0.15) is 0 Å². The molecule has 0 aliphatic carbocycles. The maximum atomic E-state index is 5.78. The van der Waals surface area contributed by atoms with E-state index in [1.54, 1.807) is 0 Å². The van der Waals surface area contributed by atoms with E-state index in [9.17, 15) is 0 Å². The molecule has 0 radical (unpaired) electrons. The molecule has 0 atom stereocenters. The van der Waals surface area contributed by atoms with E-state index in [0.717, 1.165) is 26.1 Å². The SMILES string of the molecule is Nc1nc(NCCc2ccccc2)nc(N2CCCC2)n1. The van der Waals surface area contributed by atoms with Gasteiger partial charge in [-0.2, -0.15) is 15.0 Å². The molecule has 2 aromatic rings. The van der Waals surface area contributed by atoms with Gasteiger partial charge >= 0.3 is 0 Å². The van der Waals surface area contributed by atoms with E-state index in [-0.39, 0.29) is 5.95 Å². The van der Waals surface area contributed by atoms with Crippen LogP contribution in [0.5, 0.6) is 0 Å². The molecule has 6 heteroatoms. The summed E-state index contributed by atoms with van der Waals surface area (Å²) in [5, 5.41) is 3.23. The third-order valence-corrected chi connectivity index (χ3v) is 3.57. The Morgan fingerprint density at radius 1 is 1.05 bits per heavy atom. The van der Waals surface area contributed by atoms with Crippen molar-refractivity contribution in [3.63, 3.8) is 0 Å². The zero-order chi connectivity index (χ0) is 14.5. The highest BCUT2D eigenvalue weighted by atomic mass is 15.3. The second-order valence-corrected chi connectivity index (χ2v) is 5.17. The Labute approximate surface area is 124 Å². The van der Waals surface area contributed by atoms with Crippen molar-refractivity contribution in [3.05, 3.63) is 35.9 Å². The summed E-state index contributed by atoms with van der Waals surface area (Å²) in [5.41, 5.74) is 7.07. The lowest BCUT2D eigenvalue weighted by atomic mass is 10.1. The number of nitrogens with one attached hydrogen (secondary N) is 1. The van der Waals surface area contributed by atoms with Crippen LogP contribution in [0.4, 0.5) is 17.8 Å². The first-order valence-corrected chi connectivity index (χ1v) is 7.35. The Kier molecular flexibility index (Phi) is 4.14. The van der Waals surface area contributed by atoms with Crippen LogP contribution in [0.3, 0.4) is 0 Å². The summed E-state index contributed by atoms with van der Waals surface area (Å²) in [5.74, 6) is 1.51. The van der Waals surface area contributed by atoms with Gasteiger partial charge < -0.3 is 16.0 Å². The lowest BCUT2D eigenvalue weighted by molar-refractivity contribution is 0.878. The van der Waals surface area contributed by atoms with Crippen molar-refractivity contribution >= 4 is 17.8 Å². The molecule has 1 fully saturated rings. The molecule has 3 N–H and O–H groups in total. The van der Waals surface area contributed by atoms with Crippen molar-refractivity contribution in [2.24, 2.45) is 0 Å². The first-order valence-electron chi connectivity index (χ1n) is 7.35. The molecule has 3 rings (SSSR count). The number of nitrogens with two attached hydrogens (primary N) is 1. The van der Waals surface area contributed by atoms with Gasteiger partial charge in [0, 0.05) is 19.6 Å². The smallest absolute Gasteiger partial charge is 0.231 e. The van der Waals surface area contributed by atoms with Crippen LogP contribution in [0.1, 0.15) is 18.4 Å². The molecule has 21 heavy (non-hydrogen) atoms. The van der Waals surface area contributed by atoms with Crippen LogP contribution in [-0.4, -0.2) is 34.6 Å². The quantitative estimate of drug-likeness (QED) is 0.870. The molecular weight excluding hydrogens is 264 g/mol. The van der Waals surface area contributed by atoms with Crippen LogP contribution in [0.15, 0.2) is 30.3 Å². The average Bonchev–Trinajstić information content (AvgIpc) is 3.02. The topological polar surface area (TPSA) is 80.0 Å². The summed E-state index contributed by atoms with van der Waals surface area (Å²) in [7, 11) is 0. The van der Waals surface area contributed by atoms with Crippen LogP contribution in [0.25, 0.3) is 0 Å². The molecule has 0 saturated carbocycles. The van der Waals surface area contributed by atoms with Gasteiger partial charge in [0.15, 0.2) is 0 Å². The third-order valence-electron chi connectivity index (χ3n) is 3.57. The first kappa shape index (κ1) is 13.6. The minimum absolute atomic E-state index is 0.272. The molecule has 1 aliphatic heterocycles. The van der Waals surface area contributed by atoms with Crippen molar-refractivity contribution in [1.82, 2.24) is 15.0 Å².